The van der Waals surface area contributed by atoms with Crippen molar-refractivity contribution >= 4 is 17.5 Å². The summed E-state index contributed by atoms with van der Waals surface area (Å²) in [5.74, 6) is -7.45. The van der Waals surface area contributed by atoms with Crippen LogP contribution in [-0.4, -0.2) is 17.4 Å². The summed E-state index contributed by atoms with van der Waals surface area (Å²) in [6, 6.07) is 7.66. The lowest BCUT2D eigenvalue weighted by Gasteiger charge is -2.19. The third kappa shape index (κ3) is 5.01. The molecule has 3 aromatic rings. The number of hydrogen-bond acceptors (Lipinski definition) is 2. The van der Waals surface area contributed by atoms with Crippen LogP contribution < -0.4 is 5.32 Å². The Labute approximate surface area is 181 Å². The molecule has 1 heterocycles. The first-order valence-corrected chi connectivity index (χ1v) is 9.21. The smallest absolute Gasteiger partial charge is 0.346 e. The van der Waals surface area contributed by atoms with Gasteiger partial charge in [-0.2, -0.15) is 22.0 Å². The van der Waals surface area contributed by atoms with E-state index in [1.165, 1.54) is 6.07 Å². The number of halogens is 8. The SMILES string of the molecule is O=C(NCC(F)(F)c1ncc(-c2ccc(F)c(F)c2)cc1Cl)c1ccccc1C(F)(F)F. The molecule has 0 fully saturated rings. The number of nitrogens with one attached hydrogen (secondary N) is 1. The van der Waals surface area contributed by atoms with Crippen LogP contribution in [0.3, 0.4) is 0 Å². The Morgan fingerprint density at radius 3 is 2.25 bits per heavy atom. The predicted octanol–water partition coefficient (Wildman–Crippen LogP) is 6.22. The Hall–Kier alpha value is -3.14. The van der Waals surface area contributed by atoms with Gasteiger partial charge in [-0.15, -0.1) is 0 Å². The van der Waals surface area contributed by atoms with Gasteiger partial charge in [0.1, 0.15) is 5.69 Å². The van der Waals surface area contributed by atoms with Crippen LogP contribution in [-0.2, 0) is 12.1 Å². The van der Waals surface area contributed by atoms with Crippen molar-refractivity contribution in [2.75, 3.05) is 6.54 Å². The first-order chi connectivity index (χ1) is 14.9. The molecule has 1 N–H and O–H groups in total. The van der Waals surface area contributed by atoms with Crippen molar-refractivity contribution in [3.05, 3.63) is 88.2 Å². The van der Waals surface area contributed by atoms with E-state index in [-0.39, 0.29) is 11.1 Å². The van der Waals surface area contributed by atoms with Crippen molar-refractivity contribution < 1.29 is 35.5 Å². The number of alkyl halides is 5. The molecule has 0 aliphatic carbocycles. The molecule has 0 radical (unpaired) electrons. The van der Waals surface area contributed by atoms with Crippen LogP contribution in [0.25, 0.3) is 11.1 Å². The highest BCUT2D eigenvalue weighted by atomic mass is 35.5. The zero-order valence-corrected chi connectivity index (χ0v) is 16.5. The second-order valence-corrected chi connectivity index (χ2v) is 7.02. The van der Waals surface area contributed by atoms with E-state index in [4.69, 9.17) is 11.6 Å². The van der Waals surface area contributed by atoms with E-state index < -0.39 is 58.0 Å². The van der Waals surface area contributed by atoms with Gasteiger partial charge in [-0.05, 0) is 35.9 Å². The van der Waals surface area contributed by atoms with E-state index >= 15 is 0 Å². The third-order valence-corrected chi connectivity index (χ3v) is 4.68. The molecule has 1 amide bonds. The first-order valence-electron chi connectivity index (χ1n) is 8.84. The van der Waals surface area contributed by atoms with Gasteiger partial charge in [0.15, 0.2) is 11.6 Å². The van der Waals surface area contributed by atoms with Gasteiger partial charge in [0.2, 0.25) is 0 Å². The molecule has 0 spiro atoms. The summed E-state index contributed by atoms with van der Waals surface area (Å²) in [5, 5.41) is 1.22. The topological polar surface area (TPSA) is 42.0 Å². The Morgan fingerprint density at radius 2 is 1.62 bits per heavy atom. The van der Waals surface area contributed by atoms with Gasteiger partial charge in [-0.25, -0.2) is 8.78 Å². The summed E-state index contributed by atoms with van der Waals surface area (Å²) in [6.07, 6.45) is -3.90. The number of aromatic nitrogens is 1. The van der Waals surface area contributed by atoms with E-state index in [0.717, 1.165) is 42.6 Å². The minimum atomic E-state index is -4.85. The van der Waals surface area contributed by atoms with Gasteiger partial charge in [0.25, 0.3) is 5.91 Å². The summed E-state index contributed by atoms with van der Waals surface area (Å²) < 4.78 is 94.7. The van der Waals surface area contributed by atoms with Gasteiger partial charge >= 0.3 is 12.1 Å². The molecule has 3 nitrogen and oxygen atoms in total. The minimum Gasteiger partial charge on any atom is -0.346 e. The van der Waals surface area contributed by atoms with E-state index in [1.54, 1.807) is 5.32 Å². The van der Waals surface area contributed by atoms with Crippen LogP contribution >= 0.6 is 11.6 Å². The van der Waals surface area contributed by atoms with Crippen LogP contribution in [0.4, 0.5) is 30.7 Å². The zero-order valence-electron chi connectivity index (χ0n) is 15.8. The minimum absolute atomic E-state index is 0.122. The van der Waals surface area contributed by atoms with E-state index in [9.17, 15) is 35.5 Å². The second kappa shape index (κ2) is 8.78. The number of pyridine rings is 1. The van der Waals surface area contributed by atoms with Crippen LogP contribution in [0.2, 0.25) is 5.02 Å². The van der Waals surface area contributed by atoms with Gasteiger partial charge in [-0.1, -0.05) is 29.8 Å². The first kappa shape index (κ1) is 23.5. The number of amides is 1. The van der Waals surface area contributed by atoms with Gasteiger partial charge < -0.3 is 5.32 Å². The maximum atomic E-state index is 14.6. The third-order valence-electron chi connectivity index (χ3n) is 4.39. The van der Waals surface area contributed by atoms with Crippen LogP contribution in [0.5, 0.6) is 0 Å². The molecule has 0 aliphatic rings. The molecule has 0 aliphatic heterocycles. The maximum Gasteiger partial charge on any atom is 0.417 e. The molecule has 0 unspecified atom stereocenters. The summed E-state index contributed by atoms with van der Waals surface area (Å²) in [7, 11) is 0. The van der Waals surface area contributed by atoms with E-state index in [2.05, 4.69) is 4.98 Å². The summed E-state index contributed by atoms with van der Waals surface area (Å²) >= 11 is 5.88. The molecule has 1 aromatic heterocycles. The zero-order chi connectivity index (χ0) is 23.7. The highest BCUT2D eigenvalue weighted by Gasteiger charge is 2.38. The van der Waals surface area contributed by atoms with Crippen LogP contribution in [0.1, 0.15) is 21.6 Å². The van der Waals surface area contributed by atoms with Crippen molar-refractivity contribution in [3.63, 3.8) is 0 Å². The molecule has 0 bridgehead atoms. The van der Waals surface area contributed by atoms with Crippen molar-refractivity contribution in [1.29, 1.82) is 0 Å². The number of carbonyl (C=O) groups excluding carboxylic acids is 1. The predicted molar refractivity (Wildman–Crippen MR) is 102 cm³/mol. The fourth-order valence-corrected chi connectivity index (χ4v) is 3.14. The lowest BCUT2D eigenvalue weighted by molar-refractivity contribution is -0.137. The molecule has 3 rings (SSSR count). The molecule has 11 heteroatoms. The second-order valence-electron chi connectivity index (χ2n) is 6.61. The fraction of sp³-hybridized carbons (Fsp3) is 0.143. The highest BCUT2D eigenvalue weighted by molar-refractivity contribution is 6.31. The van der Waals surface area contributed by atoms with Crippen molar-refractivity contribution in [2.45, 2.75) is 12.1 Å². The Morgan fingerprint density at radius 1 is 0.938 bits per heavy atom. The van der Waals surface area contributed by atoms with Crippen LogP contribution in [0, 0.1) is 11.6 Å². The Balaban J connectivity index is 1.80. The highest BCUT2D eigenvalue weighted by Crippen LogP contribution is 2.35. The largest absolute Gasteiger partial charge is 0.417 e. The maximum absolute atomic E-state index is 14.6. The van der Waals surface area contributed by atoms with Crippen molar-refractivity contribution in [2.24, 2.45) is 0 Å². The summed E-state index contributed by atoms with van der Waals surface area (Å²) in [5.41, 5.74) is -2.78. The molecule has 0 atom stereocenters. The van der Waals surface area contributed by atoms with Gasteiger partial charge in [-0.3, -0.25) is 9.78 Å². The quantitative estimate of drug-likeness (QED) is 0.444. The molecule has 168 valence electrons. The molecular weight excluding hydrogens is 465 g/mol. The lowest BCUT2D eigenvalue weighted by Crippen LogP contribution is -2.36. The monoisotopic (exact) mass is 476 g/mol. The van der Waals surface area contributed by atoms with Crippen molar-refractivity contribution in [3.8, 4) is 11.1 Å². The Kier molecular flexibility index (Phi) is 6.45. The van der Waals surface area contributed by atoms with Gasteiger partial charge in [0.05, 0.1) is 22.7 Å². The Bertz CT molecular complexity index is 1170. The normalized spacial score (nSPS) is 12.0. The summed E-state index contributed by atoms with van der Waals surface area (Å²) in [4.78, 5) is 15.7. The van der Waals surface area contributed by atoms with E-state index in [0.29, 0.717) is 6.07 Å². The summed E-state index contributed by atoms with van der Waals surface area (Å²) in [6.45, 7) is -1.38. The fourth-order valence-electron chi connectivity index (χ4n) is 2.84. The standard InChI is InChI=1S/C21H12ClF7N2O/c22-15-7-12(11-5-6-16(23)17(24)8-11)9-30-18(15)20(25,26)10-31-19(32)13-3-1-2-4-14(13)21(27,28)29/h1-9H,10H2,(H,31,32). The number of benzene rings is 2. The average Bonchev–Trinajstić information content (AvgIpc) is 2.73. The molecular formula is C21H12ClF7N2O. The van der Waals surface area contributed by atoms with Crippen molar-refractivity contribution in [1.82, 2.24) is 10.3 Å². The average molecular weight is 477 g/mol. The number of hydrogen-bond donors (Lipinski definition) is 1. The van der Waals surface area contributed by atoms with Crippen LogP contribution in [0.15, 0.2) is 54.7 Å². The number of carbonyl (C=O) groups is 1. The lowest BCUT2D eigenvalue weighted by atomic mass is 10.1. The number of nitrogens with zero attached hydrogens (tertiary/aromatic N) is 1. The van der Waals surface area contributed by atoms with E-state index in [1.807, 2.05) is 0 Å². The molecule has 0 saturated carbocycles. The van der Waals surface area contributed by atoms with Gasteiger partial charge in [0, 0.05) is 11.8 Å². The molecule has 0 saturated heterocycles. The number of rotatable bonds is 5. The molecule has 32 heavy (non-hydrogen) atoms. The molecule has 2 aromatic carbocycles.